The minimum atomic E-state index is -1.05. The molecule has 1 fully saturated rings. The average Bonchev–Trinajstić information content (AvgIpc) is 3.49. The zero-order valence-corrected chi connectivity index (χ0v) is 21.5. The van der Waals surface area contributed by atoms with Gasteiger partial charge in [0.05, 0.1) is 26.9 Å². The third kappa shape index (κ3) is 4.65. The molecule has 0 saturated carbocycles. The van der Waals surface area contributed by atoms with Crippen LogP contribution in [0.3, 0.4) is 0 Å². The molecule has 1 aliphatic carbocycles. The van der Waals surface area contributed by atoms with E-state index in [2.05, 4.69) is 5.32 Å². The molecule has 2 heterocycles. The van der Waals surface area contributed by atoms with E-state index in [1.807, 2.05) is 31.1 Å². The van der Waals surface area contributed by atoms with E-state index in [-0.39, 0.29) is 60.4 Å². The lowest BCUT2D eigenvalue weighted by Crippen LogP contribution is -2.43. The van der Waals surface area contributed by atoms with Gasteiger partial charge < -0.3 is 44.1 Å². The molecule has 5 rings (SSSR count). The summed E-state index contributed by atoms with van der Waals surface area (Å²) in [5, 5.41) is 24.8. The fourth-order valence-corrected chi connectivity index (χ4v) is 5.81. The van der Waals surface area contributed by atoms with E-state index >= 15 is 0 Å². The maximum absolute atomic E-state index is 13.0. The van der Waals surface area contributed by atoms with E-state index in [1.54, 1.807) is 12.1 Å². The largest absolute Gasteiger partial charge is 0.502 e. The molecule has 37 heavy (non-hydrogen) atoms. The molecule has 3 aliphatic rings. The van der Waals surface area contributed by atoms with Crippen molar-refractivity contribution in [3.05, 3.63) is 41.0 Å². The Kier molecular flexibility index (Phi) is 7.06. The highest BCUT2D eigenvalue weighted by atomic mass is 16.7. The van der Waals surface area contributed by atoms with E-state index < -0.39 is 6.29 Å². The number of aromatic hydroxyl groups is 1. The Hall–Kier alpha value is -3.21. The number of hydrogen-bond donors (Lipinski definition) is 3. The monoisotopic (exact) mass is 514 g/mol. The molecular weight excluding hydrogens is 480 g/mol. The molecular formula is C27H34N2O8. The van der Waals surface area contributed by atoms with Crippen molar-refractivity contribution in [1.29, 1.82) is 0 Å². The highest BCUT2D eigenvalue weighted by Gasteiger charge is 2.52. The van der Waals surface area contributed by atoms with Crippen LogP contribution in [0.25, 0.3) is 0 Å². The summed E-state index contributed by atoms with van der Waals surface area (Å²) in [7, 11) is 6.91. The Labute approximate surface area is 216 Å². The Balaban J connectivity index is 1.60. The number of carbonyl (C=O) groups excluding carboxylic acids is 1. The molecule has 0 radical (unpaired) electrons. The van der Waals surface area contributed by atoms with Crippen LogP contribution in [0.5, 0.6) is 28.7 Å². The SMILES string of the molecule is COc1cc([C@@H]2c3cc4c(cc3[C@@H](NC(=O)CCCN(C)C)[C@H]3COC(O)[C@H]23)OCO4)cc(OC)c1O. The first-order valence-corrected chi connectivity index (χ1v) is 12.4. The normalized spacial score (nSPS) is 25.5. The van der Waals surface area contributed by atoms with Crippen LogP contribution in [0.15, 0.2) is 24.3 Å². The molecule has 1 unspecified atom stereocenters. The van der Waals surface area contributed by atoms with Gasteiger partial charge in [0.15, 0.2) is 29.3 Å². The number of benzene rings is 2. The first kappa shape index (κ1) is 25.4. The number of nitrogens with zero attached hydrogens (tertiary/aromatic N) is 1. The number of hydrogen-bond acceptors (Lipinski definition) is 9. The maximum Gasteiger partial charge on any atom is 0.231 e. The van der Waals surface area contributed by atoms with Crippen LogP contribution in [-0.2, 0) is 9.53 Å². The molecule has 10 nitrogen and oxygen atoms in total. The van der Waals surface area contributed by atoms with Crippen molar-refractivity contribution < 1.29 is 38.7 Å². The van der Waals surface area contributed by atoms with E-state index in [0.29, 0.717) is 17.9 Å². The van der Waals surface area contributed by atoms with Crippen molar-refractivity contribution in [2.24, 2.45) is 11.8 Å². The quantitative estimate of drug-likeness (QED) is 0.488. The van der Waals surface area contributed by atoms with Gasteiger partial charge in [-0.2, -0.15) is 0 Å². The van der Waals surface area contributed by atoms with Crippen molar-refractivity contribution in [3.63, 3.8) is 0 Å². The first-order valence-electron chi connectivity index (χ1n) is 12.4. The predicted octanol–water partition coefficient (Wildman–Crippen LogP) is 2.36. The van der Waals surface area contributed by atoms with E-state index in [1.165, 1.54) is 14.2 Å². The lowest BCUT2D eigenvalue weighted by Gasteiger charge is -2.41. The van der Waals surface area contributed by atoms with Gasteiger partial charge in [0.2, 0.25) is 18.4 Å². The second-order valence-electron chi connectivity index (χ2n) is 10.0. The third-order valence-electron chi connectivity index (χ3n) is 7.53. The molecule has 3 N–H and O–H groups in total. The number of ether oxygens (including phenoxy) is 5. The van der Waals surface area contributed by atoms with Gasteiger partial charge >= 0.3 is 0 Å². The van der Waals surface area contributed by atoms with Crippen molar-refractivity contribution in [2.75, 3.05) is 48.3 Å². The summed E-state index contributed by atoms with van der Waals surface area (Å²) in [4.78, 5) is 15.1. The fourth-order valence-electron chi connectivity index (χ4n) is 5.81. The molecule has 0 spiro atoms. The number of rotatable bonds is 8. The van der Waals surface area contributed by atoms with Crippen molar-refractivity contribution in [3.8, 4) is 28.7 Å². The van der Waals surface area contributed by atoms with Gasteiger partial charge in [0, 0.05) is 24.2 Å². The van der Waals surface area contributed by atoms with Gasteiger partial charge in [-0.15, -0.1) is 0 Å². The summed E-state index contributed by atoms with van der Waals surface area (Å²) < 4.78 is 28.0. The molecule has 2 aromatic rings. The number of amides is 1. The van der Waals surface area contributed by atoms with Crippen molar-refractivity contribution in [1.82, 2.24) is 10.2 Å². The highest BCUT2D eigenvalue weighted by Crippen LogP contribution is 2.56. The Bertz CT molecular complexity index is 1140. The van der Waals surface area contributed by atoms with Crippen molar-refractivity contribution >= 4 is 5.91 Å². The molecule has 200 valence electrons. The average molecular weight is 515 g/mol. The summed E-state index contributed by atoms with van der Waals surface area (Å²) in [6, 6.07) is 6.96. The van der Waals surface area contributed by atoms with Crippen LogP contribution in [0.2, 0.25) is 0 Å². The maximum atomic E-state index is 13.0. The summed E-state index contributed by atoms with van der Waals surface area (Å²) in [6.45, 7) is 1.21. The number of phenols is 1. The second-order valence-corrected chi connectivity index (χ2v) is 10.0. The second kappa shape index (κ2) is 10.3. The molecule has 5 atom stereocenters. The van der Waals surface area contributed by atoms with E-state index in [0.717, 1.165) is 29.7 Å². The molecule has 0 bridgehead atoms. The van der Waals surface area contributed by atoms with Crippen LogP contribution < -0.4 is 24.3 Å². The molecule has 10 heteroatoms. The summed E-state index contributed by atoms with van der Waals surface area (Å²) in [6.07, 6.45) is 0.0840. The van der Waals surface area contributed by atoms with Gasteiger partial charge in [0.1, 0.15) is 0 Å². The lowest BCUT2D eigenvalue weighted by molar-refractivity contribution is -0.122. The van der Waals surface area contributed by atoms with Gasteiger partial charge in [-0.1, -0.05) is 0 Å². The number of aliphatic hydroxyl groups excluding tert-OH is 1. The molecule has 2 aliphatic heterocycles. The lowest BCUT2D eigenvalue weighted by atomic mass is 9.65. The van der Waals surface area contributed by atoms with Crippen LogP contribution in [-0.4, -0.2) is 75.6 Å². The van der Waals surface area contributed by atoms with E-state index in [4.69, 9.17) is 23.7 Å². The molecule has 1 saturated heterocycles. The number of phenolic OH excluding ortho intramolecular Hbond substituents is 1. The number of fused-ring (bicyclic) bond motifs is 3. The van der Waals surface area contributed by atoms with Crippen LogP contribution in [0.4, 0.5) is 0 Å². The number of carbonyl (C=O) groups is 1. The zero-order chi connectivity index (χ0) is 26.3. The van der Waals surface area contributed by atoms with Crippen molar-refractivity contribution in [2.45, 2.75) is 31.1 Å². The molecule has 1 amide bonds. The predicted molar refractivity (Wildman–Crippen MR) is 133 cm³/mol. The Morgan fingerprint density at radius 3 is 2.35 bits per heavy atom. The Morgan fingerprint density at radius 2 is 1.73 bits per heavy atom. The molecule has 2 aromatic carbocycles. The zero-order valence-electron chi connectivity index (χ0n) is 21.5. The summed E-state index contributed by atoms with van der Waals surface area (Å²) >= 11 is 0. The fraction of sp³-hybridized carbons (Fsp3) is 0.519. The number of aliphatic hydroxyl groups is 1. The van der Waals surface area contributed by atoms with Gasteiger partial charge in [0.25, 0.3) is 0 Å². The number of nitrogens with one attached hydrogen (secondary N) is 1. The van der Waals surface area contributed by atoms with E-state index in [9.17, 15) is 15.0 Å². The number of methoxy groups -OCH3 is 2. The van der Waals surface area contributed by atoms with Gasteiger partial charge in [-0.25, -0.2) is 0 Å². The standard InChI is InChI=1S/C27H34N2O8/c1-29(2)7-5-6-22(30)28-25-16-11-19-18(36-13-37-19)10-15(16)23(24-17(25)12-35-27(24)32)14-8-20(33-3)26(31)21(9-14)34-4/h8-11,17,23-25,27,31-32H,5-7,12-13H2,1-4H3,(H,28,30)/t17-,23+,24-,25+,27?/m0/s1. The smallest absolute Gasteiger partial charge is 0.231 e. The van der Waals surface area contributed by atoms with Gasteiger partial charge in [-0.3, -0.25) is 4.79 Å². The van der Waals surface area contributed by atoms with Crippen LogP contribution in [0, 0.1) is 11.8 Å². The highest BCUT2D eigenvalue weighted by molar-refractivity contribution is 5.77. The third-order valence-corrected chi connectivity index (χ3v) is 7.53. The minimum Gasteiger partial charge on any atom is -0.502 e. The van der Waals surface area contributed by atoms with Crippen LogP contribution >= 0.6 is 0 Å². The molecule has 0 aromatic heterocycles. The summed E-state index contributed by atoms with van der Waals surface area (Å²) in [5.41, 5.74) is 2.55. The first-order chi connectivity index (χ1) is 17.8. The topological polar surface area (TPSA) is 119 Å². The summed E-state index contributed by atoms with van der Waals surface area (Å²) in [5.74, 6) is 0.663. The minimum absolute atomic E-state index is 0.0537. The van der Waals surface area contributed by atoms with Gasteiger partial charge in [-0.05, 0) is 68.0 Å². The Morgan fingerprint density at radius 1 is 1.08 bits per heavy atom. The van der Waals surface area contributed by atoms with Crippen LogP contribution in [0.1, 0.15) is 41.5 Å².